The minimum absolute atomic E-state index is 0. The van der Waals surface area contributed by atoms with Crippen molar-refractivity contribution in [2.24, 2.45) is 0 Å². The summed E-state index contributed by atoms with van der Waals surface area (Å²) in [5.74, 6) is 0. The molecule has 0 aliphatic rings. The lowest BCUT2D eigenvalue weighted by Gasteiger charge is -2.10. The standard InChI is InChI=1S/C8H18O4.9CH4/c1-7(10)6-11-3-4-12-8(2)5-9;;;;;;;;;/h7-10H,3-6H2,1-2H3;9*1H4. The predicted molar refractivity (Wildman–Crippen MR) is 106 cm³/mol. The third-order valence-corrected chi connectivity index (χ3v) is 1.25. The Balaban J connectivity index is -0.0000000168. The van der Waals surface area contributed by atoms with Crippen LogP contribution in [0.5, 0.6) is 0 Å². The smallest absolute Gasteiger partial charge is 0.0778 e. The van der Waals surface area contributed by atoms with Crippen LogP contribution in [0, 0.1) is 0 Å². The predicted octanol–water partition coefficient (Wildman–Crippen LogP) is 5.51. The summed E-state index contributed by atoms with van der Waals surface area (Å²) in [4.78, 5) is 0. The highest BCUT2D eigenvalue weighted by atomic mass is 16.5. The molecule has 4 heteroatoms. The number of hydrogen-bond donors (Lipinski definition) is 2. The third-order valence-electron chi connectivity index (χ3n) is 1.25. The SMILES string of the molecule is C.C.C.C.C.C.C.C.C.CC(O)COCCOC(C)CO. The van der Waals surface area contributed by atoms with Gasteiger partial charge in [0.15, 0.2) is 0 Å². The van der Waals surface area contributed by atoms with Crippen molar-refractivity contribution in [2.75, 3.05) is 26.4 Å². The first-order valence-corrected chi connectivity index (χ1v) is 4.15. The minimum Gasteiger partial charge on any atom is -0.394 e. The van der Waals surface area contributed by atoms with Crippen LogP contribution in [0.4, 0.5) is 0 Å². The number of hydrogen-bond acceptors (Lipinski definition) is 4. The van der Waals surface area contributed by atoms with Crippen molar-refractivity contribution in [2.45, 2.75) is 92.9 Å². The van der Waals surface area contributed by atoms with E-state index in [1.54, 1.807) is 13.8 Å². The van der Waals surface area contributed by atoms with Crippen LogP contribution in [0.15, 0.2) is 0 Å². The van der Waals surface area contributed by atoms with Crippen molar-refractivity contribution in [1.82, 2.24) is 0 Å². The quantitative estimate of drug-likeness (QED) is 0.607. The van der Waals surface area contributed by atoms with Gasteiger partial charge in [0.1, 0.15) is 0 Å². The number of rotatable bonds is 7. The molecule has 0 radical (unpaired) electrons. The first-order valence-electron chi connectivity index (χ1n) is 4.15. The van der Waals surface area contributed by atoms with Gasteiger partial charge in [-0.15, -0.1) is 0 Å². The van der Waals surface area contributed by atoms with E-state index in [1.807, 2.05) is 0 Å². The maximum atomic E-state index is 8.80. The summed E-state index contributed by atoms with van der Waals surface area (Å²) < 4.78 is 10.1. The molecule has 146 valence electrons. The maximum Gasteiger partial charge on any atom is 0.0778 e. The lowest BCUT2D eigenvalue weighted by Crippen LogP contribution is -2.18. The highest BCUT2D eigenvalue weighted by Gasteiger charge is 1.99. The molecule has 21 heavy (non-hydrogen) atoms. The zero-order chi connectivity index (χ0) is 9.40. The molecular formula is C17H54O4. The second-order valence-corrected chi connectivity index (χ2v) is 2.79. The maximum absolute atomic E-state index is 8.80. The largest absolute Gasteiger partial charge is 0.394 e. The molecule has 0 fully saturated rings. The molecule has 0 saturated carbocycles. The van der Waals surface area contributed by atoms with Crippen LogP contribution in [-0.4, -0.2) is 48.8 Å². The van der Waals surface area contributed by atoms with E-state index in [0.717, 1.165) is 0 Å². The highest BCUT2D eigenvalue weighted by Crippen LogP contribution is 1.89. The second kappa shape index (κ2) is 50.2. The van der Waals surface area contributed by atoms with Crippen LogP contribution in [0.3, 0.4) is 0 Å². The van der Waals surface area contributed by atoms with Gasteiger partial charge in [-0.05, 0) is 13.8 Å². The van der Waals surface area contributed by atoms with E-state index >= 15 is 0 Å². The molecule has 0 aromatic heterocycles. The van der Waals surface area contributed by atoms with Gasteiger partial charge in [-0.1, -0.05) is 66.8 Å². The summed E-state index contributed by atoms with van der Waals surface area (Å²) in [5, 5.41) is 17.4. The van der Waals surface area contributed by atoms with Gasteiger partial charge >= 0.3 is 0 Å². The highest BCUT2D eigenvalue weighted by molar-refractivity contribution is 4.45. The fraction of sp³-hybridized carbons (Fsp3) is 1.00. The van der Waals surface area contributed by atoms with E-state index in [-0.39, 0.29) is 79.6 Å². The molecular weight excluding hydrogens is 268 g/mol. The Morgan fingerprint density at radius 1 is 0.762 bits per heavy atom. The molecule has 0 amide bonds. The molecule has 0 aliphatic heterocycles. The van der Waals surface area contributed by atoms with Gasteiger partial charge in [0, 0.05) is 0 Å². The van der Waals surface area contributed by atoms with E-state index in [0.29, 0.717) is 19.8 Å². The first-order chi connectivity index (χ1) is 5.66. The first kappa shape index (κ1) is 69.8. The van der Waals surface area contributed by atoms with Crippen molar-refractivity contribution in [3.8, 4) is 0 Å². The van der Waals surface area contributed by atoms with Gasteiger partial charge in [0.05, 0.1) is 38.6 Å². The zero-order valence-corrected chi connectivity index (χ0v) is 7.69. The summed E-state index contributed by atoms with van der Waals surface area (Å²) in [6, 6.07) is 0. The lowest BCUT2D eigenvalue weighted by atomic mass is 10.4. The van der Waals surface area contributed by atoms with Crippen LogP contribution < -0.4 is 0 Å². The van der Waals surface area contributed by atoms with Gasteiger partial charge in [0.25, 0.3) is 0 Å². The molecule has 0 aliphatic carbocycles. The van der Waals surface area contributed by atoms with Gasteiger partial charge < -0.3 is 19.7 Å². The monoisotopic (exact) mass is 322 g/mol. The van der Waals surface area contributed by atoms with Crippen molar-refractivity contribution in [1.29, 1.82) is 0 Å². The summed E-state index contributed by atoms with van der Waals surface area (Å²) in [5.41, 5.74) is 0. The molecule has 0 aromatic carbocycles. The third kappa shape index (κ3) is 65.2. The molecule has 0 saturated heterocycles. The van der Waals surface area contributed by atoms with Crippen molar-refractivity contribution < 1.29 is 19.7 Å². The Labute approximate surface area is 139 Å². The van der Waals surface area contributed by atoms with Gasteiger partial charge in [-0.25, -0.2) is 0 Å². The summed E-state index contributed by atoms with van der Waals surface area (Å²) in [6.45, 7) is 4.71. The van der Waals surface area contributed by atoms with E-state index in [4.69, 9.17) is 19.7 Å². The van der Waals surface area contributed by atoms with Crippen molar-refractivity contribution in [3.63, 3.8) is 0 Å². The summed E-state index contributed by atoms with van der Waals surface area (Å²) >= 11 is 0. The summed E-state index contributed by atoms with van der Waals surface area (Å²) in [6.07, 6.45) is -0.569. The molecule has 0 heterocycles. The van der Waals surface area contributed by atoms with E-state index < -0.39 is 6.10 Å². The molecule has 2 N–H and O–H groups in total. The Hall–Kier alpha value is -0.160. The molecule has 0 bridgehead atoms. The van der Waals surface area contributed by atoms with E-state index in [1.165, 1.54) is 0 Å². The van der Waals surface area contributed by atoms with Gasteiger partial charge in [-0.3, -0.25) is 0 Å². The van der Waals surface area contributed by atoms with E-state index in [9.17, 15) is 0 Å². The molecule has 2 unspecified atom stereocenters. The number of aliphatic hydroxyl groups excluding tert-OH is 2. The number of ether oxygens (including phenoxy) is 2. The lowest BCUT2D eigenvalue weighted by molar-refractivity contribution is -0.0253. The molecule has 4 nitrogen and oxygen atoms in total. The van der Waals surface area contributed by atoms with Crippen LogP contribution in [0.2, 0.25) is 0 Å². The van der Waals surface area contributed by atoms with Crippen molar-refractivity contribution >= 4 is 0 Å². The van der Waals surface area contributed by atoms with Crippen LogP contribution >= 0.6 is 0 Å². The van der Waals surface area contributed by atoms with Gasteiger partial charge in [-0.2, -0.15) is 0 Å². The van der Waals surface area contributed by atoms with Crippen LogP contribution in [0.25, 0.3) is 0 Å². The molecule has 0 aromatic rings. The van der Waals surface area contributed by atoms with Gasteiger partial charge in [0.2, 0.25) is 0 Å². The van der Waals surface area contributed by atoms with Crippen LogP contribution in [0.1, 0.15) is 80.7 Å². The Bertz CT molecular complexity index is 98.8. The fourth-order valence-electron chi connectivity index (χ4n) is 0.615. The topological polar surface area (TPSA) is 58.9 Å². The second-order valence-electron chi connectivity index (χ2n) is 2.79. The Morgan fingerprint density at radius 2 is 1.14 bits per heavy atom. The Kier molecular flexibility index (Phi) is 167. The molecule has 0 spiro atoms. The molecule has 0 rings (SSSR count). The summed E-state index contributed by atoms with van der Waals surface area (Å²) in [7, 11) is 0. The zero-order valence-electron chi connectivity index (χ0n) is 7.69. The normalized spacial score (nSPS) is 9.14. The van der Waals surface area contributed by atoms with Crippen molar-refractivity contribution in [3.05, 3.63) is 0 Å². The van der Waals surface area contributed by atoms with Crippen LogP contribution in [-0.2, 0) is 9.47 Å². The minimum atomic E-state index is -0.430. The molecule has 2 atom stereocenters. The number of aliphatic hydroxyl groups is 2. The Morgan fingerprint density at radius 3 is 1.43 bits per heavy atom. The average molecular weight is 323 g/mol. The average Bonchev–Trinajstić information content (AvgIpc) is 2.03. The van der Waals surface area contributed by atoms with E-state index in [2.05, 4.69) is 0 Å². The fourth-order valence-corrected chi connectivity index (χ4v) is 0.615.